The quantitative estimate of drug-likeness (QED) is 0.734. The first-order valence-corrected chi connectivity index (χ1v) is 11.1. The monoisotopic (exact) mass is 431 g/mol. The predicted octanol–water partition coefficient (Wildman–Crippen LogP) is 1.40. The van der Waals surface area contributed by atoms with Gasteiger partial charge in [-0.2, -0.15) is 4.31 Å². The van der Waals surface area contributed by atoms with Crippen molar-refractivity contribution in [2.45, 2.75) is 49.7 Å². The second-order valence-electron chi connectivity index (χ2n) is 7.18. The van der Waals surface area contributed by atoms with Gasteiger partial charge in [-0.05, 0) is 37.0 Å². The van der Waals surface area contributed by atoms with Gasteiger partial charge in [-0.15, -0.1) is 12.4 Å². The summed E-state index contributed by atoms with van der Waals surface area (Å²) in [5.74, 6) is -0.0492. The molecule has 1 aromatic carbocycles. The third kappa shape index (κ3) is 5.04. The molecule has 158 valence electrons. The number of rotatable bonds is 6. The van der Waals surface area contributed by atoms with Gasteiger partial charge in [0, 0.05) is 32.7 Å². The fourth-order valence-corrected chi connectivity index (χ4v) is 5.10. The van der Waals surface area contributed by atoms with Crippen molar-refractivity contribution in [2.24, 2.45) is 5.73 Å². The maximum absolute atomic E-state index is 12.9. The number of nitrogens with zero attached hydrogens (tertiary/aromatic N) is 2. The standard InChI is InChI=1S/C19H29N3O4S.ClH/c1-2-3-15-4-7-17(8-5-15)27(24,25)22-12-10-21(11-13-22)19(23)18-9-6-16(14-20)26-18;/h4-5,7-8,16,18H,2-3,6,9-14,20H2,1H3;1H/t16-,18+;/m1./s1. The number of piperazine rings is 1. The molecule has 0 spiro atoms. The van der Waals surface area contributed by atoms with E-state index < -0.39 is 16.1 Å². The zero-order valence-electron chi connectivity index (χ0n) is 16.2. The van der Waals surface area contributed by atoms with Gasteiger partial charge in [0.1, 0.15) is 6.10 Å². The Morgan fingerprint density at radius 3 is 2.32 bits per heavy atom. The highest BCUT2D eigenvalue weighted by molar-refractivity contribution is 7.89. The number of hydrogen-bond acceptors (Lipinski definition) is 5. The van der Waals surface area contributed by atoms with Gasteiger partial charge in [0.25, 0.3) is 5.91 Å². The summed E-state index contributed by atoms with van der Waals surface area (Å²) in [7, 11) is -3.53. The van der Waals surface area contributed by atoms with E-state index in [1.807, 2.05) is 12.1 Å². The minimum absolute atomic E-state index is 0. The fourth-order valence-electron chi connectivity index (χ4n) is 3.68. The average Bonchev–Trinajstić information content (AvgIpc) is 3.17. The van der Waals surface area contributed by atoms with Crippen LogP contribution in [0, 0.1) is 0 Å². The zero-order valence-corrected chi connectivity index (χ0v) is 17.9. The SMILES string of the molecule is CCCc1ccc(S(=O)(=O)N2CCN(C(=O)[C@@H]3CC[C@H](CN)O3)CC2)cc1.Cl. The lowest BCUT2D eigenvalue weighted by atomic mass is 10.1. The molecule has 0 aliphatic carbocycles. The molecule has 2 N–H and O–H groups in total. The highest BCUT2D eigenvalue weighted by Crippen LogP contribution is 2.23. The van der Waals surface area contributed by atoms with Gasteiger partial charge in [0.2, 0.25) is 10.0 Å². The number of aryl methyl sites for hydroxylation is 1. The van der Waals surface area contributed by atoms with Crippen LogP contribution in [0.3, 0.4) is 0 Å². The van der Waals surface area contributed by atoms with Gasteiger partial charge < -0.3 is 15.4 Å². The van der Waals surface area contributed by atoms with Crippen molar-refractivity contribution in [3.8, 4) is 0 Å². The molecule has 2 heterocycles. The van der Waals surface area contributed by atoms with E-state index in [0.717, 1.165) is 24.8 Å². The third-order valence-corrected chi connectivity index (χ3v) is 7.21. The summed E-state index contributed by atoms with van der Waals surface area (Å²) in [6.45, 7) is 3.90. The van der Waals surface area contributed by atoms with Crippen molar-refractivity contribution in [3.05, 3.63) is 29.8 Å². The molecule has 9 heteroatoms. The van der Waals surface area contributed by atoms with E-state index in [-0.39, 0.29) is 24.4 Å². The Balaban J connectivity index is 0.00000280. The van der Waals surface area contributed by atoms with Crippen LogP contribution in [0.1, 0.15) is 31.7 Å². The molecule has 1 amide bonds. The van der Waals surface area contributed by atoms with Crippen molar-refractivity contribution in [1.82, 2.24) is 9.21 Å². The molecule has 28 heavy (non-hydrogen) atoms. The number of carbonyl (C=O) groups excluding carboxylic acids is 1. The summed E-state index contributed by atoms with van der Waals surface area (Å²) >= 11 is 0. The Kier molecular flexibility index (Phi) is 8.27. The summed E-state index contributed by atoms with van der Waals surface area (Å²) in [4.78, 5) is 14.6. The summed E-state index contributed by atoms with van der Waals surface area (Å²) in [6, 6.07) is 7.11. The number of amides is 1. The zero-order chi connectivity index (χ0) is 19.4. The smallest absolute Gasteiger partial charge is 0.251 e. The average molecular weight is 432 g/mol. The number of carbonyl (C=O) groups is 1. The third-order valence-electron chi connectivity index (χ3n) is 5.30. The van der Waals surface area contributed by atoms with Crippen molar-refractivity contribution in [2.75, 3.05) is 32.7 Å². The van der Waals surface area contributed by atoms with Gasteiger partial charge >= 0.3 is 0 Å². The minimum Gasteiger partial charge on any atom is -0.364 e. The van der Waals surface area contributed by atoms with Crippen LogP contribution < -0.4 is 5.73 Å². The summed E-state index contributed by atoms with van der Waals surface area (Å²) in [5, 5.41) is 0. The molecular weight excluding hydrogens is 402 g/mol. The lowest BCUT2D eigenvalue weighted by Crippen LogP contribution is -2.52. The van der Waals surface area contributed by atoms with E-state index in [4.69, 9.17) is 10.5 Å². The molecule has 2 aliphatic rings. The van der Waals surface area contributed by atoms with E-state index in [0.29, 0.717) is 44.0 Å². The number of sulfonamides is 1. The number of ether oxygens (including phenoxy) is 1. The van der Waals surface area contributed by atoms with Crippen LogP contribution in [0.4, 0.5) is 0 Å². The molecule has 2 fully saturated rings. The van der Waals surface area contributed by atoms with E-state index in [1.165, 1.54) is 4.31 Å². The van der Waals surface area contributed by atoms with Gasteiger partial charge in [-0.3, -0.25) is 4.79 Å². The van der Waals surface area contributed by atoms with Gasteiger partial charge in [0.05, 0.1) is 11.0 Å². The van der Waals surface area contributed by atoms with Crippen molar-refractivity contribution in [1.29, 1.82) is 0 Å². The molecular formula is C19H30ClN3O4S. The fraction of sp³-hybridized carbons (Fsp3) is 0.632. The van der Waals surface area contributed by atoms with Crippen molar-refractivity contribution < 1.29 is 17.9 Å². The van der Waals surface area contributed by atoms with Crippen LogP contribution in [-0.4, -0.2) is 68.5 Å². The number of benzene rings is 1. The van der Waals surface area contributed by atoms with Crippen LogP contribution in [-0.2, 0) is 26.0 Å². The van der Waals surface area contributed by atoms with Gasteiger partial charge in [-0.25, -0.2) is 8.42 Å². The number of halogens is 1. The second kappa shape index (κ2) is 10.0. The summed E-state index contributed by atoms with van der Waals surface area (Å²) < 4.78 is 32.8. The first kappa shape index (κ1) is 23.1. The first-order valence-electron chi connectivity index (χ1n) is 9.69. The topological polar surface area (TPSA) is 92.9 Å². The van der Waals surface area contributed by atoms with Crippen molar-refractivity contribution in [3.63, 3.8) is 0 Å². The molecule has 2 atom stereocenters. The van der Waals surface area contributed by atoms with E-state index in [1.54, 1.807) is 17.0 Å². The second-order valence-corrected chi connectivity index (χ2v) is 9.12. The van der Waals surface area contributed by atoms with Crippen LogP contribution in [0.25, 0.3) is 0 Å². The molecule has 0 radical (unpaired) electrons. The van der Waals surface area contributed by atoms with Crippen LogP contribution in [0.15, 0.2) is 29.2 Å². The van der Waals surface area contributed by atoms with Crippen LogP contribution >= 0.6 is 12.4 Å². The maximum Gasteiger partial charge on any atom is 0.251 e. The lowest BCUT2D eigenvalue weighted by Gasteiger charge is -2.35. The summed E-state index contributed by atoms with van der Waals surface area (Å²) in [6.07, 6.45) is 2.97. The summed E-state index contributed by atoms with van der Waals surface area (Å²) in [5.41, 5.74) is 6.74. The lowest BCUT2D eigenvalue weighted by molar-refractivity contribution is -0.143. The predicted molar refractivity (Wildman–Crippen MR) is 110 cm³/mol. The first-order chi connectivity index (χ1) is 13.0. The number of nitrogens with two attached hydrogens (primary N) is 1. The Hall–Kier alpha value is -1.19. The van der Waals surface area contributed by atoms with Crippen LogP contribution in [0.2, 0.25) is 0 Å². The molecule has 0 aromatic heterocycles. The van der Waals surface area contributed by atoms with E-state index in [2.05, 4.69) is 6.92 Å². The molecule has 0 unspecified atom stereocenters. The van der Waals surface area contributed by atoms with Crippen LogP contribution in [0.5, 0.6) is 0 Å². The largest absolute Gasteiger partial charge is 0.364 e. The van der Waals surface area contributed by atoms with Crippen molar-refractivity contribution >= 4 is 28.3 Å². The highest BCUT2D eigenvalue weighted by atomic mass is 35.5. The Labute approximate surface area is 173 Å². The molecule has 2 saturated heterocycles. The Morgan fingerprint density at radius 1 is 1.14 bits per heavy atom. The Bertz CT molecular complexity index is 749. The Morgan fingerprint density at radius 2 is 1.79 bits per heavy atom. The van der Waals surface area contributed by atoms with Gasteiger partial charge in [-0.1, -0.05) is 25.5 Å². The molecule has 2 aliphatic heterocycles. The minimum atomic E-state index is -3.53. The maximum atomic E-state index is 12.9. The molecule has 1 aromatic rings. The molecule has 3 rings (SSSR count). The molecule has 0 bridgehead atoms. The normalized spacial score (nSPS) is 23.4. The molecule has 7 nitrogen and oxygen atoms in total. The van der Waals surface area contributed by atoms with E-state index >= 15 is 0 Å². The highest BCUT2D eigenvalue weighted by Gasteiger charge is 2.36. The van der Waals surface area contributed by atoms with Gasteiger partial charge in [0.15, 0.2) is 0 Å². The number of hydrogen-bond donors (Lipinski definition) is 1. The molecule has 0 saturated carbocycles. The van der Waals surface area contributed by atoms with E-state index in [9.17, 15) is 13.2 Å².